The third kappa shape index (κ3) is 3.98. The second kappa shape index (κ2) is 6.13. The number of esters is 1. The molecule has 0 amide bonds. The zero-order valence-electron chi connectivity index (χ0n) is 9.96. The van der Waals surface area contributed by atoms with Gasteiger partial charge < -0.3 is 4.74 Å². The van der Waals surface area contributed by atoms with E-state index in [0.29, 0.717) is 12.2 Å². The van der Waals surface area contributed by atoms with E-state index in [-0.39, 0.29) is 24.2 Å². The van der Waals surface area contributed by atoms with Crippen LogP contribution in [0.2, 0.25) is 0 Å². The lowest BCUT2D eigenvalue weighted by Gasteiger charge is -2.03. The molecule has 0 radical (unpaired) electrons. The monoisotopic (exact) mass is 238 g/mol. The average Bonchev–Trinajstić information content (AvgIpc) is 2.30. The fraction of sp³-hybridized carbons (Fsp3) is 0.385. The molecular weight excluding hydrogens is 223 g/mol. The molecule has 0 spiro atoms. The molecule has 0 N–H and O–H groups in total. The molecule has 0 aliphatic rings. The van der Waals surface area contributed by atoms with Gasteiger partial charge in [-0.25, -0.2) is 4.39 Å². The maximum Gasteiger partial charge on any atom is 0.306 e. The van der Waals surface area contributed by atoms with E-state index in [9.17, 15) is 14.0 Å². The molecule has 0 aliphatic heterocycles. The Bertz CT molecular complexity index is 427. The molecule has 17 heavy (non-hydrogen) atoms. The Balaban J connectivity index is 2.58. The quantitative estimate of drug-likeness (QED) is 0.585. The number of aryl methyl sites for hydroxylation is 1. The Morgan fingerprint density at radius 1 is 1.29 bits per heavy atom. The number of halogens is 1. The van der Waals surface area contributed by atoms with E-state index < -0.39 is 11.8 Å². The number of rotatable bonds is 5. The molecule has 0 saturated heterocycles. The molecule has 0 atom stereocenters. The van der Waals surface area contributed by atoms with Crippen LogP contribution in [0.4, 0.5) is 4.39 Å². The van der Waals surface area contributed by atoms with Crippen molar-refractivity contribution < 1.29 is 18.7 Å². The van der Waals surface area contributed by atoms with E-state index in [1.807, 2.05) is 0 Å². The SMILES string of the molecule is CCOC(=O)CCC(=O)c1ccc(C)c(F)c1. The Hall–Kier alpha value is -1.71. The molecule has 0 heterocycles. The molecule has 0 unspecified atom stereocenters. The van der Waals surface area contributed by atoms with E-state index in [2.05, 4.69) is 0 Å². The van der Waals surface area contributed by atoms with Crippen LogP contribution in [-0.4, -0.2) is 18.4 Å². The molecule has 0 bridgehead atoms. The first kappa shape index (κ1) is 13.4. The molecule has 0 saturated carbocycles. The largest absolute Gasteiger partial charge is 0.466 e. The second-order valence-corrected chi connectivity index (χ2v) is 3.69. The van der Waals surface area contributed by atoms with Crippen LogP contribution in [0.1, 0.15) is 35.7 Å². The van der Waals surface area contributed by atoms with E-state index in [4.69, 9.17) is 4.74 Å². The van der Waals surface area contributed by atoms with Crippen molar-refractivity contribution in [2.75, 3.05) is 6.61 Å². The molecule has 3 nitrogen and oxygen atoms in total. The summed E-state index contributed by atoms with van der Waals surface area (Å²) in [7, 11) is 0. The first-order chi connectivity index (χ1) is 8.04. The maximum absolute atomic E-state index is 13.2. The van der Waals surface area contributed by atoms with Crippen molar-refractivity contribution >= 4 is 11.8 Å². The van der Waals surface area contributed by atoms with Gasteiger partial charge in [-0.15, -0.1) is 0 Å². The number of ketones is 1. The summed E-state index contributed by atoms with van der Waals surface area (Å²) in [6, 6.07) is 4.31. The Kier molecular flexibility index (Phi) is 4.82. The zero-order valence-corrected chi connectivity index (χ0v) is 9.96. The van der Waals surface area contributed by atoms with E-state index >= 15 is 0 Å². The number of carbonyl (C=O) groups is 2. The lowest BCUT2D eigenvalue weighted by molar-refractivity contribution is -0.143. The number of hydrogen-bond acceptors (Lipinski definition) is 3. The van der Waals surface area contributed by atoms with E-state index in [1.54, 1.807) is 26.0 Å². The highest BCUT2D eigenvalue weighted by atomic mass is 19.1. The number of Topliss-reactive ketones (excluding diaryl/α,β-unsaturated/α-hetero) is 1. The van der Waals surface area contributed by atoms with Crippen molar-refractivity contribution in [3.8, 4) is 0 Å². The van der Waals surface area contributed by atoms with Crippen molar-refractivity contribution in [1.82, 2.24) is 0 Å². The summed E-state index contributed by atoms with van der Waals surface area (Å²) in [4.78, 5) is 22.7. The van der Waals surface area contributed by atoms with Gasteiger partial charge in [0.2, 0.25) is 0 Å². The van der Waals surface area contributed by atoms with Gasteiger partial charge >= 0.3 is 5.97 Å². The van der Waals surface area contributed by atoms with Crippen LogP contribution in [0.25, 0.3) is 0 Å². The fourth-order valence-corrected chi connectivity index (χ4v) is 1.36. The Morgan fingerprint density at radius 3 is 2.59 bits per heavy atom. The van der Waals surface area contributed by atoms with Gasteiger partial charge in [-0.05, 0) is 25.5 Å². The van der Waals surface area contributed by atoms with Gasteiger partial charge in [-0.2, -0.15) is 0 Å². The van der Waals surface area contributed by atoms with Crippen LogP contribution in [0.3, 0.4) is 0 Å². The molecule has 4 heteroatoms. The predicted molar refractivity (Wildman–Crippen MR) is 61.3 cm³/mol. The lowest BCUT2D eigenvalue weighted by atomic mass is 10.0. The lowest BCUT2D eigenvalue weighted by Crippen LogP contribution is -2.08. The summed E-state index contributed by atoms with van der Waals surface area (Å²) in [5, 5.41) is 0. The highest BCUT2D eigenvalue weighted by molar-refractivity contribution is 5.97. The standard InChI is InChI=1S/C13H15FO3/c1-3-17-13(16)7-6-12(15)10-5-4-9(2)11(14)8-10/h4-5,8H,3,6-7H2,1-2H3. The topological polar surface area (TPSA) is 43.4 Å². The molecule has 92 valence electrons. The zero-order chi connectivity index (χ0) is 12.8. The van der Waals surface area contributed by atoms with Crippen LogP contribution in [-0.2, 0) is 9.53 Å². The van der Waals surface area contributed by atoms with Crippen LogP contribution >= 0.6 is 0 Å². The van der Waals surface area contributed by atoms with Gasteiger partial charge in [0.15, 0.2) is 5.78 Å². The maximum atomic E-state index is 13.2. The van der Waals surface area contributed by atoms with Crippen molar-refractivity contribution in [2.24, 2.45) is 0 Å². The molecule has 1 rings (SSSR count). The molecule has 0 fully saturated rings. The summed E-state index contributed by atoms with van der Waals surface area (Å²) in [5.41, 5.74) is 0.782. The number of benzene rings is 1. The van der Waals surface area contributed by atoms with E-state index in [0.717, 1.165) is 0 Å². The smallest absolute Gasteiger partial charge is 0.306 e. The van der Waals surface area contributed by atoms with Gasteiger partial charge in [0.1, 0.15) is 5.82 Å². The normalized spacial score (nSPS) is 10.1. The van der Waals surface area contributed by atoms with Gasteiger partial charge in [-0.3, -0.25) is 9.59 Å². The number of carbonyl (C=O) groups excluding carboxylic acids is 2. The third-order valence-electron chi connectivity index (χ3n) is 2.36. The molecule has 0 aliphatic carbocycles. The highest BCUT2D eigenvalue weighted by Gasteiger charge is 2.11. The average molecular weight is 238 g/mol. The Morgan fingerprint density at radius 2 is 2.00 bits per heavy atom. The van der Waals surface area contributed by atoms with Crippen LogP contribution in [0, 0.1) is 12.7 Å². The minimum atomic E-state index is -0.410. The molecule has 0 aromatic heterocycles. The first-order valence-corrected chi connectivity index (χ1v) is 5.49. The van der Waals surface area contributed by atoms with Gasteiger partial charge in [0.05, 0.1) is 13.0 Å². The van der Waals surface area contributed by atoms with Gasteiger partial charge in [0, 0.05) is 12.0 Å². The minimum Gasteiger partial charge on any atom is -0.466 e. The fourth-order valence-electron chi connectivity index (χ4n) is 1.36. The Labute approximate surface area is 99.6 Å². The summed E-state index contributed by atoms with van der Waals surface area (Å²) < 4.78 is 17.9. The third-order valence-corrected chi connectivity index (χ3v) is 2.36. The summed E-state index contributed by atoms with van der Waals surface area (Å²) in [5.74, 6) is -1.07. The minimum absolute atomic E-state index is 0.0299. The number of ether oxygens (including phenoxy) is 1. The van der Waals surface area contributed by atoms with Crippen molar-refractivity contribution in [3.05, 3.63) is 35.1 Å². The summed E-state index contributed by atoms with van der Waals surface area (Å²) >= 11 is 0. The summed E-state index contributed by atoms with van der Waals surface area (Å²) in [6.45, 7) is 3.63. The van der Waals surface area contributed by atoms with Gasteiger partial charge in [-0.1, -0.05) is 12.1 Å². The predicted octanol–water partition coefficient (Wildman–Crippen LogP) is 2.66. The second-order valence-electron chi connectivity index (χ2n) is 3.69. The molecule has 1 aromatic carbocycles. The number of hydrogen-bond donors (Lipinski definition) is 0. The van der Waals surface area contributed by atoms with Crippen LogP contribution in [0.5, 0.6) is 0 Å². The van der Waals surface area contributed by atoms with Crippen LogP contribution < -0.4 is 0 Å². The van der Waals surface area contributed by atoms with Crippen molar-refractivity contribution in [1.29, 1.82) is 0 Å². The highest BCUT2D eigenvalue weighted by Crippen LogP contribution is 2.12. The molecule has 1 aromatic rings. The van der Waals surface area contributed by atoms with Crippen LogP contribution in [0.15, 0.2) is 18.2 Å². The van der Waals surface area contributed by atoms with Crippen molar-refractivity contribution in [3.63, 3.8) is 0 Å². The van der Waals surface area contributed by atoms with Crippen molar-refractivity contribution in [2.45, 2.75) is 26.7 Å². The van der Waals surface area contributed by atoms with Gasteiger partial charge in [0.25, 0.3) is 0 Å². The summed E-state index contributed by atoms with van der Waals surface area (Å²) in [6.07, 6.45) is 0.0729. The molecular formula is C13H15FO3. The first-order valence-electron chi connectivity index (χ1n) is 5.49. The van der Waals surface area contributed by atoms with E-state index in [1.165, 1.54) is 6.07 Å².